The first-order chi connectivity index (χ1) is 14.3. The molecule has 146 valence electrons. The Morgan fingerprint density at radius 2 is 1.83 bits per heavy atom. The summed E-state index contributed by atoms with van der Waals surface area (Å²) in [6.07, 6.45) is 5.80. The quantitative estimate of drug-likeness (QED) is 0.480. The fraction of sp³-hybridized carbons (Fsp3) is 0.238. The van der Waals surface area contributed by atoms with Crippen LogP contribution in [0.5, 0.6) is 11.6 Å². The van der Waals surface area contributed by atoms with Gasteiger partial charge in [0.2, 0.25) is 11.8 Å². The average Bonchev–Trinajstić information content (AvgIpc) is 3.46. The highest BCUT2D eigenvalue weighted by Gasteiger charge is 2.16. The van der Waals surface area contributed by atoms with Crippen LogP contribution in [-0.4, -0.2) is 40.1 Å². The molecule has 1 aliphatic rings. The second kappa shape index (κ2) is 7.63. The normalized spacial score (nSPS) is 13.8. The Labute approximate surface area is 172 Å². The van der Waals surface area contributed by atoms with Gasteiger partial charge in [-0.15, -0.1) is 11.3 Å². The van der Waals surface area contributed by atoms with E-state index in [1.807, 2.05) is 59.9 Å². The number of nitrogens with zero attached hydrogens (tertiary/aromatic N) is 6. The van der Waals surface area contributed by atoms with Gasteiger partial charge in [0.15, 0.2) is 0 Å². The van der Waals surface area contributed by atoms with E-state index in [4.69, 9.17) is 9.72 Å². The van der Waals surface area contributed by atoms with Crippen molar-refractivity contribution in [3.05, 3.63) is 54.3 Å². The Kier molecular flexibility index (Phi) is 4.69. The Morgan fingerprint density at radius 1 is 1.00 bits per heavy atom. The van der Waals surface area contributed by atoms with Crippen molar-refractivity contribution in [2.75, 3.05) is 29.9 Å². The first kappa shape index (κ1) is 17.8. The van der Waals surface area contributed by atoms with Gasteiger partial charge in [-0.05, 0) is 54.6 Å². The minimum atomic E-state index is 0.577. The number of aromatic nitrogens is 4. The zero-order valence-electron chi connectivity index (χ0n) is 16.0. The summed E-state index contributed by atoms with van der Waals surface area (Å²) in [5.74, 6) is 2.97. The summed E-state index contributed by atoms with van der Waals surface area (Å²) in [7, 11) is 1.97. The predicted molar refractivity (Wildman–Crippen MR) is 115 cm³/mol. The van der Waals surface area contributed by atoms with Crippen LogP contribution in [-0.2, 0) is 0 Å². The molecule has 7 nitrogen and oxygen atoms in total. The van der Waals surface area contributed by atoms with Gasteiger partial charge in [0.25, 0.3) is 0 Å². The highest BCUT2D eigenvalue weighted by Crippen LogP contribution is 2.32. The van der Waals surface area contributed by atoms with Gasteiger partial charge < -0.3 is 14.5 Å². The SMILES string of the molecule is CN(c1ccc(Oc2ncnc3ccsc23)cc1)c1nccc(N2CCCC2)n1. The van der Waals surface area contributed by atoms with Crippen LogP contribution >= 0.6 is 11.3 Å². The Balaban J connectivity index is 1.34. The van der Waals surface area contributed by atoms with Crippen LogP contribution in [0.4, 0.5) is 17.5 Å². The molecule has 3 aromatic heterocycles. The molecular weight excluding hydrogens is 384 g/mol. The highest BCUT2D eigenvalue weighted by atomic mass is 32.1. The minimum absolute atomic E-state index is 0.577. The fourth-order valence-corrected chi connectivity index (χ4v) is 4.20. The molecule has 4 aromatic rings. The van der Waals surface area contributed by atoms with Crippen molar-refractivity contribution in [3.63, 3.8) is 0 Å². The molecule has 4 heterocycles. The molecule has 1 fully saturated rings. The minimum Gasteiger partial charge on any atom is -0.437 e. The van der Waals surface area contributed by atoms with Gasteiger partial charge in [0.05, 0.1) is 5.52 Å². The molecule has 0 saturated carbocycles. The summed E-state index contributed by atoms with van der Waals surface area (Å²) < 4.78 is 6.93. The van der Waals surface area contributed by atoms with E-state index in [0.717, 1.165) is 40.6 Å². The number of hydrogen-bond donors (Lipinski definition) is 0. The molecule has 1 aliphatic heterocycles. The first-order valence-corrected chi connectivity index (χ1v) is 10.4. The molecule has 1 saturated heterocycles. The largest absolute Gasteiger partial charge is 0.437 e. The van der Waals surface area contributed by atoms with Crippen LogP contribution in [0.25, 0.3) is 10.2 Å². The maximum Gasteiger partial charge on any atom is 0.240 e. The third-order valence-electron chi connectivity index (χ3n) is 5.01. The summed E-state index contributed by atoms with van der Waals surface area (Å²) in [6.45, 7) is 2.12. The van der Waals surface area contributed by atoms with Gasteiger partial charge in [-0.2, -0.15) is 4.98 Å². The van der Waals surface area contributed by atoms with E-state index in [0.29, 0.717) is 11.8 Å². The van der Waals surface area contributed by atoms with Crippen LogP contribution in [0.2, 0.25) is 0 Å². The van der Waals surface area contributed by atoms with Crippen LogP contribution in [0, 0.1) is 0 Å². The highest BCUT2D eigenvalue weighted by molar-refractivity contribution is 7.17. The van der Waals surface area contributed by atoms with Crippen molar-refractivity contribution in [2.45, 2.75) is 12.8 Å². The molecule has 5 rings (SSSR count). The maximum absolute atomic E-state index is 5.98. The molecule has 0 amide bonds. The van der Waals surface area contributed by atoms with E-state index in [9.17, 15) is 0 Å². The summed E-state index contributed by atoms with van der Waals surface area (Å²) in [4.78, 5) is 22.0. The maximum atomic E-state index is 5.98. The molecule has 0 N–H and O–H groups in total. The fourth-order valence-electron chi connectivity index (χ4n) is 3.43. The lowest BCUT2D eigenvalue weighted by atomic mass is 10.3. The van der Waals surface area contributed by atoms with Crippen molar-refractivity contribution in [3.8, 4) is 11.6 Å². The van der Waals surface area contributed by atoms with Gasteiger partial charge in [0.1, 0.15) is 22.6 Å². The average molecular weight is 404 g/mol. The van der Waals surface area contributed by atoms with Crippen molar-refractivity contribution in [1.82, 2.24) is 19.9 Å². The van der Waals surface area contributed by atoms with Crippen molar-refractivity contribution in [1.29, 1.82) is 0 Å². The first-order valence-electron chi connectivity index (χ1n) is 9.56. The van der Waals surface area contributed by atoms with Gasteiger partial charge in [0, 0.05) is 32.0 Å². The Bertz CT molecular complexity index is 1120. The second-order valence-corrected chi connectivity index (χ2v) is 7.79. The third-order valence-corrected chi connectivity index (χ3v) is 5.90. The lowest BCUT2D eigenvalue weighted by molar-refractivity contribution is 0.469. The number of anilines is 3. The molecule has 0 unspecified atom stereocenters. The summed E-state index contributed by atoms with van der Waals surface area (Å²) in [5, 5.41) is 1.99. The van der Waals surface area contributed by atoms with E-state index >= 15 is 0 Å². The monoisotopic (exact) mass is 404 g/mol. The topological polar surface area (TPSA) is 67.3 Å². The van der Waals surface area contributed by atoms with Crippen molar-refractivity contribution < 1.29 is 4.74 Å². The zero-order chi connectivity index (χ0) is 19.6. The Morgan fingerprint density at radius 3 is 2.66 bits per heavy atom. The van der Waals surface area contributed by atoms with Crippen LogP contribution in [0.1, 0.15) is 12.8 Å². The van der Waals surface area contributed by atoms with Crippen LogP contribution in [0.15, 0.2) is 54.3 Å². The van der Waals surface area contributed by atoms with E-state index in [1.54, 1.807) is 11.3 Å². The van der Waals surface area contributed by atoms with Crippen molar-refractivity contribution >= 4 is 39.0 Å². The number of hydrogen-bond acceptors (Lipinski definition) is 8. The number of ether oxygens (including phenoxy) is 1. The molecule has 29 heavy (non-hydrogen) atoms. The lowest BCUT2D eigenvalue weighted by Gasteiger charge is -2.21. The standard InChI is InChI=1S/C21H20N6OS/c1-26(21-22-10-8-18(25-21)27-11-2-3-12-27)15-4-6-16(7-5-15)28-20-19-17(9-13-29-19)23-14-24-20/h4-10,13-14H,2-3,11-12H2,1H3. The molecule has 0 spiro atoms. The molecule has 8 heteroatoms. The molecule has 1 aromatic carbocycles. The number of thiophene rings is 1. The van der Waals surface area contributed by atoms with E-state index in [1.165, 1.54) is 19.2 Å². The van der Waals surface area contributed by atoms with Crippen LogP contribution in [0.3, 0.4) is 0 Å². The molecular formula is C21H20N6OS. The Hall–Kier alpha value is -3.26. The third kappa shape index (κ3) is 3.58. The van der Waals surface area contributed by atoms with E-state index in [-0.39, 0.29) is 0 Å². The molecule has 0 bridgehead atoms. The zero-order valence-corrected chi connectivity index (χ0v) is 16.8. The van der Waals surface area contributed by atoms with E-state index in [2.05, 4.69) is 19.9 Å². The number of fused-ring (bicyclic) bond motifs is 1. The predicted octanol–water partition coefficient (Wildman–Crippen LogP) is 4.64. The number of rotatable bonds is 5. The summed E-state index contributed by atoms with van der Waals surface area (Å²) in [6, 6.07) is 11.8. The van der Waals surface area contributed by atoms with Crippen LogP contribution < -0.4 is 14.5 Å². The van der Waals surface area contributed by atoms with Gasteiger partial charge in [-0.3, -0.25) is 0 Å². The molecule has 0 radical (unpaired) electrons. The van der Waals surface area contributed by atoms with Gasteiger partial charge in [-0.1, -0.05) is 0 Å². The van der Waals surface area contributed by atoms with Gasteiger partial charge >= 0.3 is 0 Å². The second-order valence-electron chi connectivity index (χ2n) is 6.88. The summed E-state index contributed by atoms with van der Waals surface area (Å²) >= 11 is 1.57. The van der Waals surface area contributed by atoms with E-state index < -0.39 is 0 Å². The smallest absolute Gasteiger partial charge is 0.240 e. The number of benzene rings is 1. The molecule has 0 aliphatic carbocycles. The summed E-state index contributed by atoms with van der Waals surface area (Å²) in [5.41, 5.74) is 1.88. The van der Waals surface area contributed by atoms with Gasteiger partial charge in [-0.25, -0.2) is 15.0 Å². The lowest BCUT2D eigenvalue weighted by Crippen LogP contribution is -2.21. The molecule has 0 atom stereocenters. The van der Waals surface area contributed by atoms with Crippen molar-refractivity contribution in [2.24, 2.45) is 0 Å².